The van der Waals surface area contributed by atoms with Crippen LogP contribution in [-0.2, 0) is 20.8 Å². The van der Waals surface area contributed by atoms with Crippen LogP contribution in [0.1, 0.15) is 31.5 Å². The normalized spacial score (nSPS) is 20.7. The van der Waals surface area contributed by atoms with Gasteiger partial charge in [0.25, 0.3) is 0 Å². The number of esters is 1. The predicted molar refractivity (Wildman–Crippen MR) is 65.4 cm³/mol. The Morgan fingerprint density at radius 2 is 2.37 bits per heavy atom. The average molecular weight is 269 g/mol. The SMILES string of the molecule is COC(=O)C1COCCN1Cc1nc(C(C)C)no1. The molecule has 1 aromatic heterocycles. The minimum Gasteiger partial charge on any atom is -0.468 e. The highest BCUT2D eigenvalue weighted by molar-refractivity contribution is 5.75. The van der Waals surface area contributed by atoms with Crippen LogP contribution in [-0.4, -0.2) is 53.9 Å². The number of carbonyl (C=O) groups excluding carboxylic acids is 1. The maximum atomic E-state index is 11.7. The van der Waals surface area contributed by atoms with E-state index in [1.165, 1.54) is 7.11 Å². The van der Waals surface area contributed by atoms with Gasteiger partial charge in [0.15, 0.2) is 5.82 Å². The van der Waals surface area contributed by atoms with Crippen molar-refractivity contribution in [2.75, 3.05) is 26.9 Å². The number of ether oxygens (including phenoxy) is 2. The zero-order valence-electron chi connectivity index (χ0n) is 11.5. The molecule has 7 nitrogen and oxygen atoms in total. The van der Waals surface area contributed by atoms with Crippen LogP contribution >= 0.6 is 0 Å². The highest BCUT2D eigenvalue weighted by Crippen LogP contribution is 2.15. The molecule has 0 aliphatic carbocycles. The van der Waals surface area contributed by atoms with Gasteiger partial charge in [-0.2, -0.15) is 4.98 Å². The van der Waals surface area contributed by atoms with Gasteiger partial charge in [-0.15, -0.1) is 0 Å². The summed E-state index contributed by atoms with van der Waals surface area (Å²) in [7, 11) is 1.37. The Kier molecular flexibility index (Phi) is 4.49. The fourth-order valence-corrected chi connectivity index (χ4v) is 1.92. The zero-order valence-corrected chi connectivity index (χ0v) is 11.5. The van der Waals surface area contributed by atoms with Gasteiger partial charge in [0.1, 0.15) is 6.04 Å². The maximum Gasteiger partial charge on any atom is 0.325 e. The van der Waals surface area contributed by atoms with Crippen molar-refractivity contribution >= 4 is 5.97 Å². The zero-order chi connectivity index (χ0) is 13.8. The van der Waals surface area contributed by atoms with E-state index in [9.17, 15) is 4.79 Å². The van der Waals surface area contributed by atoms with Gasteiger partial charge in [-0.3, -0.25) is 9.69 Å². The van der Waals surface area contributed by atoms with Gasteiger partial charge in [0, 0.05) is 12.5 Å². The first-order valence-electron chi connectivity index (χ1n) is 6.34. The minimum atomic E-state index is -0.409. The molecular formula is C12H19N3O4. The van der Waals surface area contributed by atoms with Gasteiger partial charge < -0.3 is 14.0 Å². The predicted octanol–water partition coefficient (Wildman–Crippen LogP) is 0.567. The molecule has 1 fully saturated rings. The van der Waals surface area contributed by atoms with Crippen molar-refractivity contribution in [1.82, 2.24) is 15.0 Å². The highest BCUT2D eigenvalue weighted by Gasteiger charge is 2.31. The van der Waals surface area contributed by atoms with Gasteiger partial charge >= 0.3 is 5.97 Å². The Balaban J connectivity index is 2.04. The van der Waals surface area contributed by atoms with Crippen LogP contribution in [0, 0.1) is 0 Å². The molecule has 1 aliphatic heterocycles. The summed E-state index contributed by atoms with van der Waals surface area (Å²) >= 11 is 0. The van der Waals surface area contributed by atoms with Crippen molar-refractivity contribution in [2.24, 2.45) is 0 Å². The molecule has 0 amide bonds. The summed E-state index contributed by atoms with van der Waals surface area (Å²) < 4.78 is 15.3. The average Bonchev–Trinajstić information content (AvgIpc) is 2.87. The number of methoxy groups -OCH3 is 1. The minimum absolute atomic E-state index is 0.221. The summed E-state index contributed by atoms with van der Waals surface area (Å²) in [6.07, 6.45) is 0. The van der Waals surface area contributed by atoms with Gasteiger partial charge in [-0.05, 0) is 0 Å². The third-order valence-corrected chi connectivity index (χ3v) is 3.05. The van der Waals surface area contributed by atoms with E-state index >= 15 is 0 Å². The lowest BCUT2D eigenvalue weighted by Gasteiger charge is -2.32. The van der Waals surface area contributed by atoms with Crippen molar-refractivity contribution in [3.8, 4) is 0 Å². The number of hydrogen-bond donors (Lipinski definition) is 0. The van der Waals surface area contributed by atoms with Crippen LogP contribution in [0.15, 0.2) is 4.52 Å². The molecule has 2 rings (SSSR count). The molecule has 2 heterocycles. The van der Waals surface area contributed by atoms with Crippen LogP contribution in [0.4, 0.5) is 0 Å². The molecule has 106 valence electrons. The first kappa shape index (κ1) is 14.0. The van der Waals surface area contributed by atoms with Gasteiger partial charge in [0.05, 0.1) is 26.9 Å². The third-order valence-electron chi connectivity index (χ3n) is 3.05. The lowest BCUT2D eigenvalue weighted by Crippen LogP contribution is -2.49. The van der Waals surface area contributed by atoms with Gasteiger partial charge in [-0.25, -0.2) is 0 Å². The summed E-state index contributed by atoms with van der Waals surface area (Å²) in [5.74, 6) is 1.11. The molecule has 1 saturated heterocycles. The molecule has 1 atom stereocenters. The standard InChI is InChI=1S/C12H19N3O4/c1-8(2)11-13-10(19-14-11)6-15-4-5-18-7-9(15)12(16)17-3/h8-9H,4-7H2,1-3H3. The van der Waals surface area contributed by atoms with Gasteiger partial charge in [-0.1, -0.05) is 19.0 Å². The van der Waals surface area contributed by atoms with Crippen LogP contribution in [0.3, 0.4) is 0 Å². The van der Waals surface area contributed by atoms with Crippen LogP contribution in [0.25, 0.3) is 0 Å². The van der Waals surface area contributed by atoms with Crippen molar-refractivity contribution in [3.63, 3.8) is 0 Å². The first-order chi connectivity index (χ1) is 9.11. The lowest BCUT2D eigenvalue weighted by atomic mass is 10.2. The summed E-state index contributed by atoms with van der Waals surface area (Å²) in [6.45, 7) is 5.99. The molecule has 0 bridgehead atoms. The lowest BCUT2D eigenvalue weighted by molar-refractivity contribution is -0.153. The van der Waals surface area contributed by atoms with E-state index in [0.29, 0.717) is 38.0 Å². The van der Waals surface area contributed by atoms with Crippen LogP contribution in [0.5, 0.6) is 0 Å². The Morgan fingerprint density at radius 3 is 3.00 bits per heavy atom. The molecule has 0 saturated carbocycles. The third kappa shape index (κ3) is 3.30. The monoisotopic (exact) mass is 269 g/mol. The smallest absolute Gasteiger partial charge is 0.325 e. The topological polar surface area (TPSA) is 77.7 Å². The first-order valence-corrected chi connectivity index (χ1v) is 6.34. The Labute approximate surface area is 111 Å². The van der Waals surface area contributed by atoms with E-state index in [0.717, 1.165) is 0 Å². The van der Waals surface area contributed by atoms with Crippen molar-refractivity contribution in [1.29, 1.82) is 0 Å². The number of aromatic nitrogens is 2. The fourth-order valence-electron chi connectivity index (χ4n) is 1.92. The molecule has 0 aromatic carbocycles. The van der Waals surface area contributed by atoms with E-state index in [2.05, 4.69) is 10.1 Å². The number of rotatable bonds is 4. The Hall–Kier alpha value is -1.47. The van der Waals surface area contributed by atoms with E-state index in [4.69, 9.17) is 14.0 Å². The summed E-state index contributed by atoms with van der Waals surface area (Å²) in [5.41, 5.74) is 0. The molecule has 1 aliphatic rings. The molecular weight excluding hydrogens is 250 g/mol. The quantitative estimate of drug-likeness (QED) is 0.739. The largest absolute Gasteiger partial charge is 0.468 e. The highest BCUT2D eigenvalue weighted by atomic mass is 16.5. The molecule has 0 radical (unpaired) electrons. The summed E-state index contributed by atoms with van der Waals surface area (Å²) in [4.78, 5) is 17.9. The van der Waals surface area contributed by atoms with Crippen molar-refractivity contribution in [2.45, 2.75) is 32.4 Å². The Bertz CT molecular complexity index is 432. The second-order valence-corrected chi connectivity index (χ2v) is 4.79. The van der Waals surface area contributed by atoms with Crippen molar-refractivity contribution < 1.29 is 18.8 Å². The van der Waals surface area contributed by atoms with E-state index < -0.39 is 6.04 Å². The number of hydrogen-bond acceptors (Lipinski definition) is 7. The summed E-state index contributed by atoms with van der Waals surface area (Å²) in [6, 6.07) is -0.409. The van der Waals surface area contributed by atoms with Gasteiger partial charge in [0.2, 0.25) is 5.89 Å². The van der Waals surface area contributed by atoms with E-state index in [1.807, 2.05) is 18.7 Å². The van der Waals surface area contributed by atoms with Crippen LogP contribution < -0.4 is 0 Å². The van der Waals surface area contributed by atoms with Crippen LogP contribution in [0.2, 0.25) is 0 Å². The van der Waals surface area contributed by atoms with E-state index in [1.54, 1.807) is 0 Å². The maximum absolute atomic E-state index is 11.7. The number of carbonyl (C=O) groups is 1. The molecule has 1 aromatic rings. The molecule has 7 heteroatoms. The molecule has 0 spiro atoms. The second kappa shape index (κ2) is 6.12. The van der Waals surface area contributed by atoms with E-state index in [-0.39, 0.29) is 11.9 Å². The molecule has 1 unspecified atom stereocenters. The molecule has 0 N–H and O–H groups in total. The molecule has 19 heavy (non-hydrogen) atoms. The number of nitrogens with zero attached hydrogens (tertiary/aromatic N) is 3. The Morgan fingerprint density at radius 1 is 1.58 bits per heavy atom. The fraction of sp³-hybridized carbons (Fsp3) is 0.750. The summed E-state index contributed by atoms with van der Waals surface area (Å²) in [5, 5.41) is 3.91. The van der Waals surface area contributed by atoms with Crippen molar-refractivity contribution in [3.05, 3.63) is 11.7 Å². The second-order valence-electron chi connectivity index (χ2n) is 4.79. The number of morpholine rings is 1.